The van der Waals surface area contributed by atoms with E-state index < -0.39 is 0 Å². The van der Waals surface area contributed by atoms with E-state index in [0.717, 1.165) is 36.3 Å². The Bertz CT molecular complexity index is 1050. The second-order valence-electron chi connectivity index (χ2n) is 7.78. The average Bonchev–Trinajstić information content (AvgIpc) is 3.22. The maximum atomic E-state index is 13.4. The molecule has 0 aliphatic carbocycles. The first-order chi connectivity index (χ1) is 15.0. The van der Waals surface area contributed by atoms with E-state index in [0.29, 0.717) is 22.1 Å². The van der Waals surface area contributed by atoms with Crippen LogP contribution in [0.1, 0.15) is 33.1 Å². The van der Waals surface area contributed by atoms with Crippen molar-refractivity contribution in [1.29, 1.82) is 0 Å². The van der Waals surface area contributed by atoms with E-state index in [4.69, 9.17) is 23.2 Å². The molecule has 4 rings (SSSR count). The van der Waals surface area contributed by atoms with Gasteiger partial charge in [0.1, 0.15) is 18.2 Å². The van der Waals surface area contributed by atoms with Crippen LogP contribution in [0.15, 0.2) is 30.7 Å². The number of anilines is 2. The van der Waals surface area contributed by atoms with Crippen LogP contribution in [0.5, 0.6) is 0 Å². The number of aromatic amines is 1. The molecule has 1 amide bonds. The summed E-state index contributed by atoms with van der Waals surface area (Å²) in [6.07, 6.45) is 5.72. The van der Waals surface area contributed by atoms with Gasteiger partial charge in [-0.25, -0.2) is 9.97 Å². The van der Waals surface area contributed by atoms with Gasteiger partial charge in [-0.15, -0.1) is 0 Å². The number of carbonyl (C=O) groups excluding carboxylic acids is 1. The van der Waals surface area contributed by atoms with Crippen LogP contribution in [0.3, 0.4) is 0 Å². The van der Waals surface area contributed by atoms with Gasteiger partial charge < -0.3 is 15.5 Å². The van der Waals surface area contributed by atoms with Crippen LogP contribution in [0, 0.1) is 0 Å². The molecule has 164 valence electrons. The van der Waals surface area contributed by atoms with Gasteiger partial charge in [-0.1, -0.05) is 30.1 Å². The lowest BCUT2D eigenvalue weighted by Crippen LogP contribution is -2.55. The minimum Gasteiger partial charge on any atom is -0.374 e. The van der Waals surface area contributed by atoms with Gasteiger partial charge in [0.05, 0.1) is 11.6 Å². The summed E-state index contributed by atoms with van der Waals surface area (Å²) in [6, 6.07) is 4.93. The lowest BCUT2D eigenvalue weighted by atomic mass is 9.96. The summed E-state index contributed by atoms with van der Waals surface area (Å²) in [5, 5.41) is 15.6. The number of fused-ring (bicyclic) bond motifs is 1. The smallest absolute Gasteiger partial charge is 0.245 e. The van der Waals surface area contributed by atoms with E-state index in [1.54, 1.807) is 24.4 Å². The molecule has 2 unspecified atom stereocenters. The third-order valence-electron chi connectivity index (χ3n) is 5.75. The molecule has 3 aromatic rings. The monoisotopic (exact) mass is 461 g/mol. The van der Waals surface area contributed by atoms with E-state index in [9.17, 15) is 4.79 Å². The van der Waals surface area contributed by atoms with Gasteiger partial charge in [-0.05, 0) is 44.4 Å². The molecule has 3 atom stereocenters. The Morgan fingerprint density at radius 1 is 1.29 bits per heavy atom. The first kappa shape index (κ1) is 21.6. The fraction of sp³-hybridized carbons (Fsp3) is 0.429. The van der Waals surface area contributed by atoms with Crippen LogP contribution >= 0.6 is 23.2 Å². The van der Waals surface area contributed by atoms with E-state index in [1.165, 1.54) is 6.33 Å². The number of nitrogens with one attached hydrogen (secondary N) is 3. The molecule has 0 radical (unpaired) electrons. The largest absolute Gasteiger partial charge is 0.374 e. The molecule has 1 fully saturated rings. The molecule has 2 aromatic heterocycles. The Balaban J connectivity index is 1.48. The van der Waals surface area contributed by atoms with Gasteiger partial charge in [0.15, 0.2) is 5.65 Å². The van der Waals surface area contributed by atoms with Crippen LogP contribution < -0.4 is 10.6 Å². The van der Waals surface area contributed by atoms with E-state index in [2.05, 4.69) is 37.7 Å². The molecule has 1 aliphatic rings. The molecule has 0 saturated carbocycles. The predicted molar refractivity (Wildman–Crippen MR) is 124 cm³/mol. The number of amides is 1. The number of benzene rings is 1. The van der Waals surface area contributed by atoms with E-state index >= 15 is 0 Å². The standard InChI is InChI=1S/C21H25Cl2N7O/c1-3-17(27-15-8-13(22)7-14(23)9-15)21(31)30-6-4-5-18(12(30)2)28-19-16-10-26-29-20(16)25-11-24-19/h7-12,17-18,27H,3-6H2,1-2H3,(H2,24,25,26,28,29)/t12?,17-,18?/m1/s1. The number of halogens is 2. The normalized spacial score (nSPS) is 19.9. The molecule has 0 spiro atoms. The lowest BCUT2D eigenvalue weighted by molar-refractivity contribution is -0.135. The number of piperidine rings is 1. The Hall–Kier alpha value is -2.58. The first-order valence-corrected chi connectivity index (χ1v) is 11.2. The summed E-state index contributed by atoms with van der Waals surface area (Å²) in [7, 11) is 0. The van der Waals surface area contributed by atoms with Gasteiger partial charge in [-0.3, -0.25) is 9.89 Å². The lowest BCUT2D eigenvalue weighted by Gasteiger charge is -2.41. The molecular weight excluding hydrogens is 437 g/mol. The molecule has 31 heavy (non-hydrogen) atoms. The minimum absolute atomic E-state index is 0.00281. The summed E-state index contributed by atoms with van der Waals surface area (Å²) >= 11 is 12.2. The van der Waals surface area contributed by atoms with Crippen molar-refractivity contribution in [2.75, 3.05) is 17.2 Å². The van der Waals surface area contributed by atoms with Crippen molar-refractivity contribution in [3.63, 3.8) is 0 Å². The topological polar surface area (TPSA) is 98.8 Å². The van der Waals surface area contributed by atoms with Gasteiger partial charge in [-0.2, -0.15) is 5.10 Å². The van der Waals surface area contributed by atoms with Gasteiger partial charge in [0, 0.05) is 34.4 Å². The fourth-order valence-electron chi connectivity index (χ4n) is 4.08. The van der Waals surface area contributed by atoms with Crippen molar-refractivity contribution >= 4 is 51.6 Å². The second-order valence-corrected chi connectivity index (χ2v) is 8.66. The number of carbonyl (C=O) groups is 1. The molecule has 1 aliphatic heterocycles. The fourth-order valence-corrected chi connectivity index (χ4v) is 4.61. The van der Waals surface area contributed by atoms with Crippen LogP contribution in [-0.4, -0.2) is 55.6 Å². The molecular formula is C21H25Cl2N7O. The number of hydrogen-bond acceptors (Lipinski definition) is 6. The zero-order valence-corrected chi connectivity index (χ0v) is 18.9. The summed E-state index contributed by atoms with van der Waals surface area (Å²) in [4.78, 5) is 23.9. The summed E-state index contributed by atoms with van der Waals surface area (Å²) in [5.41, 5.74) is 1.42. The number of nitrogens with zero attached hydrogens (tertiary/aromatic N) is 4. The van der Waals surface area contributed by atoms with Crippen LogP contribution in [0.25, 0.3) is 11.0 Å². The van der Waals surface area contributed by atoms with Gasteiger partial charge in [0.25, 0.3) is 0 Å². The number of aromatic nitrogens is 4. The molecule has 10 heteroatoms. The molecule has 1 saturated heterocycles. The number of likely N-dealkylation sites (tertiary alicyclic amines) is 1. The quantitative estimate of drug-likeness (QED) is 0.504. The van der Waals surface area contributed by atoms with Crippen LogP contribution in [-0.2, 0) is 4.79 Å². The maximum absolute atomic E-state index is 13.4. The highest BCUT2D eigenvalue weighted by atomic mass is 35.5. The van der Waals surface area contributed by atoms with Crippen molar-refractivity contribution in [2.24, 2.45) is 0 Å². The number of H-pyrrole nitrogens is 1. The maximum Gasteiger partial charge on any atom is 0.245 e. The summed E-state index contributed by atoms with van der Waals surface area (Å²) < 4.78 is 0. The number of rotatable bonds is 6. The Morgan fingerprint density at radius 3 is 2.81 bits per heavy atom. The zero-order chi connectivity index (χ0) is 22.0. The highest BCUT2D eigenvalue weighted by Crippen LogP contribution is 2.27. The average molecular weight is 462 g/mol. The van der Waals surface area contributed by atoms with Crippen molar-refractivity contribution in [2.45, 2.75) is 51.2 Å². The van der Waals surface area contributed by atoms with Crippen molar-refractivity contribution in [1.82, 2.24) is 25.1 Å². The Kier molecular flexibility index (Phi) is 6.48. The number of hydrogen-bond donors (Lipinski definition) is 3. The van der Waals surface area contributed by atoms with Crippen LogP contribution in [0.2, 0.25) is 10.0 Å². The third-order valence-corrected chi connectivity index (χ3v) is 6.19. The highest BCUT2D eigenvalue weighted by Gasteiger charge is 2.34. The third kappa shape index (κ3) is 4.70. The van der Waals surface area contributed by atoms with Crippen molar-refractivity contribution < 1.29 is 4.79 Å². The Labute approximate surface area is 190 Å². The molecule has 1 aromatic carbocycles. The van der Waals surface area contributed by atoms with E-state index in [1.807, 2.05) is 11.8 Å². The summed E-state index contributed by atoms with van der Waals surface area (Å²) in [5.74, 6) is 0.789. The Morgan fingerprint density at radius 2 is 2.06 bits per heavy atom. The minimum atomic E-state index is -0.365. The predicted octanol–water partition coefficient (Wildman–Crippen LogP) is 4.34. The SMILES string of the molecule is CC[C@@H](Nc1cc(Cl)cc(Cl)c1)C(=O)N1CCCC(Nc2ncnc3[nH]ncc23)C1C. The molecule has 8 nitrogen and oxygen atoms in total. The second kappa shape index (κ2) is 9.28. The van der Waals surface area contributed by atoms with E-state index in [-0.39, 0.29) is 24.0 Å². The van der Waals surface area contributed by atoms with Crippen molar-refractivity contribution in [3.8, 4) is 0 Å². The molecule has 3 heterocycles. The van der Waals surface area contributed by atoms with Gasteiger partial charge in [0.2, 0.25) is 5.91 Å². The zero-order valence-electron chi connectivity index (χ0n) is 17.4. The highest BCUT2D eigenvalue weighted by molar-refractivity contribution is 6.35. The first-order valence-electron chi connectivity index (χ1n) is 10.4. The summed E-state index contributed by atoms with van der Waals surface area (Å²) in [6.45, 7) is 4.78. The van der Waals surface area contributed by atoms with Crippen molar-refractivity contribution in [3.05, 3.63) is 40.8 Å². The molecule has 0 bridgehead atoms. The van der Waals surface area contributed by atoms with Crippen LogP contribution in [0.4, 0.5) is 11.5 Å². The van der Waals surface area contributed by atoms with Gasteiger partial charge >= 0.3 is 0 Å². The molecule has 3 N–H and O–H groups in total.